The van der Waals surface area contributed by atoms with Gasteiger partial charge < -0.3 is 10.2 Å². The van der Waals surface area contributed by atoms with E-state index < -0.39 is 0 Å². The minimum atomic E-state index is 0.293. The van der Waals surface area contributed by atoms with E-state index in [2.05, 4.69) is 35.9 Å². The van der Waals surface area contributed by atoms with Gasteiger partial charge in [-0.3, -0.25) is 4.79 Å². The van der Waals surface area contributed by atoms with Crippen molar-refractivity contribution in [3.05, 3.63) is 48.0 Å². The van der Waals surface area contributed by atoms with E-state index in [1.165, 1.54) is 11.1 Å². The van der Waals surface area contributed by atoms with Gasteiger partial charge >= 0.3 is 0 Å². The standard InChI is InChI=1S/C17H24N2O/c1-3-11-18-12-10-16-8-9-17(20)19(16)13-15-7-5-4-6-14(15)2/h3-7,16,18H,1,8-13H2,2H3/t16-/m1/s1. The molecule has 0 unspecified atom stereocenters. The molecule has 20 heavy (non-hydrogen) atoms. The molecule has 0 aromatic heterocycles. The number of nitrogens with one attached hydrogen (secondary N) is 1. The molecule has 0 saturated carbocycles. The zero-order chi connectivity index (χ0) is 14.4. The summed E-state index contributed by atoms with van der Waals surface area (Å²) in [5, 5.41) is 3.32. The molecule has 0 bridgehead atoms. The Labute approximate surface area is 121 Å². The molecule has 1 amide bonds. The molecule has 0 spiro atoms. The first-order chi connectivity index (χ1) is 9.72. The molecule has 1 aliphatic heterocycles. The molecule has 1 aliphatic rings. The van der Waals surface area contributed by atoms with E-state index in [-0.39, 0.29) is 0 Å². The number of amides is 1. The van der Waals surface area contributed by atoms with Crippen LogP contribution in [0.5, 0.6) is 0 Å². The maximum atomic E-state index is 12.1. The van der Waals surface area contributed by atoms with Gasteiger partial charge in [0.1, 0.15) is 0 Å². The Balaban J connectivity index is 1.94. The van der Waals surface area contributed by atoms with E-state index >= 15 is 0 Å². The second-order valence-electron chi connectivity index (χ2n) is 5.42. The summed E-state index contributed by atoms with van der Waals surface area (Å²) >= 11 is 0. The molecule has 108 valence electrons. The van der Waals surface area contributed by atoms with E-state index in [1.807, 2.05) is 18.2 Å². The third-order valence-electron chi connectivity index (χ3n) is 4.00. The molecule has 1 N–H and O–H groups in total. The topological polar surface area (TPSA) is 32.3 Å². The molecule has 2 rings (SSSR count). The van der Waals surface area contributed by atoms with Crippen LogP contribution in [0, 0.1) is 6.92 Å². The lowest BCUT2D eigenvalue weighted by atomic mass is 10.1. The molecule has 1 atom stereocenters. The first-order valence-electron chi connectivity index (χ1n) is 7.38. The summed E-state index contributed by atoms with van der Waals surface area (Å²) in [6.07, 6.45) is 4.56. The minimum absolute atomic E-state index is 0.293. The number of hydrogen-bond acceptors (Lipinski definition) is 2. The zero-order valence-corrected chi connectivity index (χ0v) is 12.3. The lowest BCUT2D eigenvalue weighted by molar-refractivity contribution is -0.129. The van der Waals surface area contributed by atoms with E-state index in [0.29, 0.717) is 18.4 Å². The SMILES string of the molecule is C=CCNCC[C@H]1CCC(=O)N1Cc1ccccc1C. The van der Waals surface area contributed by atoms with Crippen LogP contribution in [-0.4, -0.2) is 29.9 Å². The van der Waals surface area contributed by atoms with Gasteiger partial charge in [0.2, 0.25) is 5.91 Å². The van der Waals surface area contributed by atoms with E-state index in [0.717, 1.165) is 32.5 Å². The first-order valence-corrected chi connectivity index (χ1v) is 7.38. The molecular formula is C17H24N2O. The Hall–Kier alpha value is -1.61. The molecular weight excluding hydrogens is 248 g/mol. The second-order valence-corrected chi connectivity index (χ2v) is 5.42. The fourth-order valence-corrected chi connectivity index (χ4v) is 2.75. The van der Waals surface area contributed by atoms with Crippen LogP contribution in [0.4, 0.5) is 0 Å². The molecule has 1 aromatic rings. The molecule has 3 heteroatoms. The van der Waals surface area contributed by atoms with Crippen LogP contribution in [0.2, 0.25) is 0 Å². The van der Waals surface area contributed by atoms with Crippen LogP contribution in [0.3, 0.4) is 0 Å². The molecule has 3 nitrogen and oxygen atoms in total. The molecule has 1 saturated heterocycles. The minimum Gasteiger partial charge on any atom is -0.335 e. The van der Waals surface area contributed by atoms with Gasteiger partial charge in [-0.15, -0.1) is 6.58 Å². The van der Waals surface area contributed by atoms with Crippen LogP contribution < -0.4 is 5.32 Å². The van der Waals surface area contributed by atoms with Crippen LogP contribution in [0.25, 0.3) is 0 Å². The summed E-state index contributed by atoms with van der Waals surface area (Å²) in [6, 6.07) is 8.69. The molecule has 0 radical (unpaired) electrons. The van der Waals surface area contributed by atoms with Crippen molar-refractivity contribution in [1.82, 2.24) is 10.2 Å². The smallest absolute Gasteiger partial charge is 0.223 e. The van der Waals surface area contributed by atoms with Crippen molar-refractivity contribution < 1.29 is 4.79 Å². The van der Waals surface area contributed by atoms with Gasteiger partial charge in [-0.1, -0.05) is 30.3 Å². The average Bonchev–Trinajstić information content (AvgIpc) is 2.79. The number of hydrogen-bond donors (Lipinski definition) is 1. The van der Waals surface area contributed by atoms with Gasteiger partial charge in [0.15, 0.2) is 0 Å². The van der Waals surface area contributed by atoms with Crippen LogP contribution in [0.15, 0.2) is 36.9 Å². The maximum absolute atomic E-state index is 12.1. The summed E-state index contributed by atoms with van der Waals surface area (Å²) in [7, 11) is 0. The summed E-state index contributed by atoms with van der Waals surface area (Å²) in [6.45, 7) is 8.32. The zero-order valence-electron chi connectivity index (χ0n) is 12.3. The van der Waals surface area contributed by atoms with Gasteiger partial charge in [0.05, 0.1) is 0 Å². The number of benzene rings is 1. The average molecular weight is 272 g/mol. The van der Waals surface area contributed by atoms with Gasteiger partial charge in [0.25, 0.3) is 0 Å². The predicted molar refractivity (Wildman–Crippen MR) is 82.4 cm³/mol. The monoisotopic (exact) mass is 272 g/mol. The van der Waals surface area contributed by atoms with Crippen molar-refractivity contribution >= 4 is 5.91 Å². The van der Waals surface area contributed by atoms with Crippen LogP contribution in [-0.2, 0) is 11.3 Å². The van der Waals surface area contributed by atoms with Crippen molar-refractivity contribution in [2.24, 2.45) is 0 Å². The second kappa shape index (κ2) is 7.25. The van der Waals surface area contributed by atoms with Crippen molar-refractivity contribution in [2.75, 3.05) is 13.1 Å². The highest BCUT2D eigenvalue weighted by atomic mass is 16.2. The van der Waals surface area contributed by atoms with Crippen molar-refractivity contribution in [3.63, 3.8) is 0 Å². The van der Waals surface area contributed by atoms with E-state index in [9.17, 15) is 4.79 Å². The van der Waals surface area contributed by atoms with Crippen molar-refractivity contribution in [1.29, 1.82) is 0 Å². The first kappa shape index (κ1) is 14.8. The quantitative estimate of drug-likeness (QED) is 0.611. The number of aryl methyl sites for hydroxylation is 1. The third kappa shape index (κ3) is 3.70. The highest BCUT2D eigenvalue weighted by Crippen LogP contribution is 2.24. The number of likely N-dealkylation sites (tertiary alicyclic amines) is 1. The number of carbonyl (C=O) groups excluding carboxylic acids is 1. The van der Waals surface area contributed by atoms with Crippen molar-refractivity contribution in [3.8, 4) is 0 Å². The number of carbonyl (C=O) groups is 1. The summed E-state index contributed by atoms with van der Waals surface area (Å²) in [4.78, 5) is 14.1. The lowest BCUT2D eigenvalue weighted by Crippen LogP contribution is -2.34. The fourth-order valence-electron chi connectivity index (χ4n) is 2.75. The van der Waals surface area contributed by atoms with Gasteiger partial charge in [0, 0.05) is 25.6 Å². The largest absolute Gasteiger partial charge is 0.335 e. The lowest BCUT2D eigenvalue weighted by Gasteiger charge is -2.25. The molecule has 1 heterocycles. The third-order valence-corrected chi connectivity index (χ3v) is 4.00. The van der Waals surface area contributed by atoms with E-state index in [4.69, 9.17) is 0 Å². The molecule has 1 aromatic carbocycles. The summed E-state index contributed by atoms with van der Waals surface area (Å²) in [5.74, 6) is 0.293. The predicted octanol–water partition coefficient (Wildman–Crippen LogP) is 2.65. The molecule has 0 aliphatic carbocycles. The maximum Gasteiger partial charge on any atom is 0.223 e. The van der Waals surface area contributed by atoms with Crippen LogP contribution in [0.1, 0.15) is 30.4 Å². The highest BCUT2D eigenvalue weighted by molar-refractivity contribution is 5.78. The number of nitrogens with zero attached hydrogens (tertiary/aromatic N) is 1. The Morgan fingerprint density at radius 3 is 3.00 bits per heavy atom. The number of rotatable bonds is 7. The van der Waals surface area contributed by atoms with Crippen LogP contribution >= 0.6 is 0 Å². The van der Waals surface area contributed by atoms with Gasteiger partial charge in [-0.05, 0) is 37.4 Å². The van der Waals surface area contributed by atoms with Gasteiger partial charge in [-0.25, -0.2) is 0 Å². The van der Waals surface area contributed by atoms with Crippen molar-refractivity contribution in [2.45, 2.75) is 38.8 Å². The normalized spacial score (nSPS) is 18.6. The van der Waals surface area contributed by atoms with Gasteiger partial charge in [-0.2, -0.15) is 0 Å². The van der Waals surface area contributed by atoms with E-state index in [1.54, 1.807) is 0 Å². The Morgan fingerprint density at radius 1 is 1.45 bits per heavy atom. The summed E-state index contributed by atoms with van der Waals surface area (Å²) < 4.78 is 0. The highest BCUT2D eigenvalue weighted by Gasteiger charge is 2.30. The summed E-state index contributed by atoms with van der Waals surface area (Å²) in [5.41, 5.74) is 2.52. The Bertz CT molecular complexity index is 470. The Kier molecular flexibility index (Phi) is 5.36. The molecule has 1 fully saturated rings. The fraction of sp³-hybridized carbons (Fsp3) is 0.471. The Morgan fingerprint density at radius 2 is 2.25 bits per heavy atom.